The van der Waals surface area contributed by atoms with Gasteiger partial charge in [-0.05, 0) is 42.7 Å². The lowest BCUT2D eigenvalue weighted by atomic mass is 10.0. The van der Waals surface area contributed by atoms with Gasteiger partial charge in [-0.1, -0.05) is 91.0 Å². The second-order valence-electron chi connectivity index (χ2n) is 9.65. The molecular formula is C33H23N5. The van der Waals surface area contributed by atoms with Gasteiger partial charge >= 0.3 is 0 Å². The summed E-state index contributed by atoms with van der Waals surface area (Å²) in [5.41, 5.74) is 6.72. The fourth-order valence-corrected chi connectivity index (χ4v) is 5.81. The van der Waals surface area contributed by atoms with E-state index in [2.05, 4.69) is 106 Å². The van der Waals surface area contributed by atoms with Gasteiger partial charge in [0.15, 0.2) is 5.82 Å². The lowest BCUT2D eigenvalue weighted by Crippen LogP contribution is -2.11. The van der Waals surface area contributed by atoms with E-state index < -0.39 is 0 Å². The second kappa shape index (κ2) is 8.25. The standard InChI is InChI=1S/C33H23N5/c1-2-12-22(13-3-1)31-34-32(37-27-18-8-4-14-23(27)24-15-5-9-19-28(24)37)36-33(35-31)38-29-20-10-6-16-25(29)26-17-7-11-21-30(26)38/h1-6,8-16,18-21H,7,17H2. The molecule has 0 fully saturated rings. The first-order valence-corrected chi connectivity index (χ1v) is 13.0. The summed E-state index contributed by atoms with van der Waals surface area (Å²) in [6.45, 7) is 0. The summed E-state index contributed by atoms with van der Waals surface area (Å²) in [4.78, 5) is 15.3. The third-order valence-corrected chi connectivity index (χ3v) is 7.48. The average molecular weight is 490 g/mol. The van der Waals surface area contributed by atoms with Crippen LogP contribution in [0.2, 0.25) is 0 Å². The zero-order valence-corrected chi connectivity index (χ0v) is 20.6. The minimum Gasteiger partial charge on any atom is -0.278 e. The summed E-state index contributed by atoms with van der Waals surface area (Å²) >= 11 is 0. The Morgan fingerprint density at radius 2 is 1.08 bits per heavy atom. The quantitative estimate of drug-likeness (QED) is 0.258. The van der Waals surface area contributed by atoms with Gasteiger partial charge in [0.05, 0.1) is 22.2 Å². The molecule has 3 heterocycles. The molecule has 1 aliphatic carbocycles. The van der Waals surface area contributed by atoms with Crippen molar-refractivity contribution >= 4 is 38.8 Å². The van der Waals surface area contributed by atoms with Crippen LogP contribution in [-0.2, 0) is 6.42 Å². The normalized spacial score (nSPS) is 12.9. The molecule has 0 spiro atoms. The molecule has 0 unspecified atom stereocenters. The van der Waals surface area contributed by atoms with Gasteiger partial charge in [0.2, 0.25) is 11.9 Å². The van der Waals surface area contributed by atoms with E-state index in [0.29, 0.717) is 17.7 Å². The van der Waals surface area contributed by atoms with Crippen LogP contribution in [0.25, 0.3) is 62.1 Å². The average Bonchev–Trinajstić information content (AvgIpc) is 3.51. The number of hydrogen-bond donors (Lipinski definition) is 0. The van der Waals surface area contributed by atoms with E-state index in [0.717, 1.165) is 40.6 Å². The van der Waals surface area contributed by atoms with Crippen molar-refractivity contribution in [3.05, 3.63) is 120 Å². The maximum Gasteiger partial charge on any atom is 0.240 e. The third-order valence-electron chi connectivity index (χ3n) is 7.48. The fraction of sp³-hybridized carbons (Fsp3) is 0.0606. The van der Waals surface area contributed by atoms with Gasteiger partial charge in [0.1, 0.15) is 0 Å². The van der Waals surface area contributed by atoms with Gasteiger partial charge in [-0.15, -0.1) is 0 Å². The number of benzene rings is 4. The zero-order valence-electron chi connectivity index (χ0n) is 20.6. The highest BCUT2D eigenvalue weighted by Gasteiger charge is 2.22. The third kappa shape index (κ3) is 3.08. The molecule has 5 heteroatoms. The number of allylic oxidation sites excluding steroid dienone is 1. The van der Waals surface area contributed by atoms with Crippen LogP contribution < -0.4 is 0 Å². The van der Waals surface area contributed by atoms with E-state index in [9.17, 15) is 0 Å². The highest BCUT2D eigenvalue weighted by molar-refractivity contribution is 6.09. The molecule has 0 radical (unpaired) electrons. The first-order valence-electron chi connectivity index (χ1n) is 13.0. The summed E-state index contributed by atoms with van der Waals surface area (Å²) in [5, 5.41) is 3.61. The van der Waals surface area contributed by atoms with Crippen LogP contribution in [0, 0.1) is 0 Å². The number of aryl methyl sites for hydroxylation is 1. The lowest BCUT2D eigenvalue weighted by molar-refractivity contribution is 0.867. The van der Waals surface area contributed by atoms with Crippen molar-refractivity contribution in [2.75, 3.05) is 0 Å². The maximum absolute atomic E-state index is 5.17. The molecule has 4 aromatic carbocycles. The van der Waals surface area contributed by atoms with Crippen LogP contribution in [0.4, 0.5) is 0 Å². The van der Waals surface area contributed by atoms with Crippen LogP contribution in [-0.4, -0.2) is 24.1 Å². The number of hydrogen-bond acceptors (Lipinski definition) is 3. The Hall–Kier alpha value is -5.03. The number of rotatable bonds is 3. The summed E-state index contributed by atoms with van der Waals surface area (Å²) in [7, 11) is 0. The molecule has 8 rings (SSSR count). The number of para-hydroxylation sites is 3. The lowest BCUT2D eigenvalue weighted by Gasteiger charge is -2.14. The van der Waals surface area contributed by atoms with E-state index in [1.807, 2.05) is 18.2 Å². The first kappa shape index (κ1) is 21.1. The van der Waals surface area contributed by atoms with Crippen molar-refractivity contribution in [2.24, 2.45) is 0 Å². The molecule has 0 saturated carbocycles. The minimum absolute atomic E-state index is 0.609. The van der Waals surface area contributed by atoms with Crippen molar-refractivity contribution in [1.82, 2.24) is 24.1 Å². The Morgan fingerprint density at radius 3 is 1.76 bits per heavy atom. The van der Waals surface area contributed by atoms with Crippen LogP contribution in [0.15, 0.2) is 109 Å². The van der Waals surface area contributed by atoms with E-state index in [1.54, 1.807) is 0 Å². The maximum atomic E-state index is 5.17. The molecule has 0 bridgehead atoms. The highest BCUT2D eigenvalue weighted by Crippen LogP contribution is 2.35. The molecule has 0 atom stereocenters. The van der Waals surface area contributed by atoms with Crippen LogP contribution in [0.5, 0.6) is 0 Å². The zero-order chi connectivity index (χ0) is 25.1. The summed E-state index contributed by atoms with van der Waals surface area (Å²) in [6, 6.07) is 35.6. The fourth-order valence-electron chi connectivity index (χ4n) is 5.81. The van der Waals surface area contributed by atoms with E-state index >= 15 is 0 Å². The Kier molecular flexibility index (Phi) is 4.58. The second-order valence-corrected chi connectivity index (χ2v) is 9.65. The molecule has 0 N–H and O–H groups in total. The van der Waals surface area contributed by atoms with Crippen molar-refractivity contribution in [3.8, 4) is 23.3 Å². The first-order chi connectivity index (χ1) is 18.9. The molecule has 5 nitrogen and oxygen atoms in total. The number of aromatic nitrogens is 5. The SMILES string of the molecule is C1=Cc2c(c3ccccc3n2-c2nc(-c3ccccc3)nc(-n3c4ccccc4c4ccccc43)n2)CC1. The van der Waals surface area contributed by atoms with Gasteiger partial charge in [-0.3, -0.25) is 9.13 Å². The van der Waals surface area contributed by atoms with Gasteiger partial charge in [-0.2, -0.15) is 15.0 Å². The Morgan fingerprint density at radius 1 is 0.526 bits per heavy atom. The Bertz CT molecular complexity index is 1970. The van der Waals surface area contributed by atoms with Crippen molar-refractivity contribution in [3.63, 3.8) is 0 Å². The predicted molar refractivity (Wildman–Crippen MR) is 154 cm³/mol. The molecule has 0 amide bonds. The molecule has 0 saturated heterocycles. The van der Waals surface area contributed by atoms with E-state index in [1.165, 1.54) is 21.7 Å². The van der Waals surface area contributed by atoms with Gasteiger partial charge in [-0.25, -0.2) is 0 Å². The van der Waals surface area contributed by atoms with E-state index in [4.69, 9.17) is 15.0 Å². The van der Waals surface area contributed by atoms with Crippen molar-refractivity contribution in [2.45, 2.75) is 12.8 Å². The number of nitrogens with zero attached hydrogens (tertiary/aromatic N) is 5. The summed E-state index contributed by atoms with van der Waals surface area (Å²) in [5.74, 6) is 1.89. The topological polar surface area (TPSA) is 48.5 Å². The Labute approximate surface area is 219 Å². The monoisotopic (exact) mass is 489 g/mol. The minimum atomic E-state index is 0.609. The molecule has 1 aliphatic rings. The van der Waals surface area contributed by atoms with Gasteiger partial charge in [0.25, 0.3) is 0 Å². The molecule has 0 aliphatic heterocycles. The smallest absolute Gasteiger partial charge is 0.240 e. The predicted octanol–water partition coefficient (Wildman–Crippen LogP) is 7.54. The Balaban J connectivity index is 1.49. The molecule has 38 heavy (non-hydrogen) atoms. The van der Waals surface area contributed by atoms with E-state index in [-0.39, 0.29) is 0 Å². The molecular weight excluding hydrogens is 466 g/mol. The molecule has 180 valence electrons. The van der Waals surface area contributed by atoms with Crippen LogP contribution in [0.3, 0.4) is 0 Å². The van der Waals surface area contributed by atoms with Gasteiger partial charge < -0.3 is 0 Å². The van der Waals surface area contributed by atoms with Crippen molar-refractivity contribution in [1.29, 1.82) is 0 Å². The molecule has 3 aromatic heterocycles. The molecule has 7 aromatic rings. The number of fused-ring (bicyclic) bond motifs is 6. The van der Waals surface area contributed by atoms with Gasteiger partial charge in [0, 0.05) is 21.7 Å². The van der Waals surface area contributed by atoms with Crippen LogP contribution in [0.1, 0.15) is 17.7 Å². The largest absolute Gasteiger partial charge is 0.278 e. The highest BCUT2D eigenvalue weighted by atomic mass is 15.3. The van der Waals surface area contributed by atoms with Crippen molar-refractivity contribution < 1.29 is 0 Å². The summed E-state index contributed by atoms with van der Waals surface area (Å²) < 4.78 is 4.36. The van der Waals surface area contributed by atoms with Crippen LogP contribution >= 0.6 is 0 Å². The summed E-state index contributed by atoms with van der Waals surface area (Å²) in [6.07, 6.45) is 6.51.